The average Bonchev–Trinajstić information content (AvgIpc) is 2.56. The molecule has 1 aliphatic rings. The molecule has 1 aliphatic heterocycles. The van der Waals surface area contributed by atoms with Crippen LogP contribution in [0.15, 0.2) is 24.3 Å². The summed E-state index contributed by atoms with van der Waals surface area (Å²) in [6.07, 6.45) is 2.22. The molecule has 1 heterocycles. The van der Waals surface area contributed by atoms with Gasteiger partial charge in [0.1, 0.15) is 12.4 Å². The second-order valence-corrected chi connectivity index (χ2v) is 7.13. The summed E-state index contributed by atoms with van der Waals surface area (Å²) in [6, 6.07) is 5.53. The van der Waals surface area contributed by atoms with Crippen molar-refractivity contribution in [3.63, 3.8) is 0 Å². The normalized spacial score (nSPS) is 16.0. The predicted octanol–water partition coefficient (Wildman–Crippen LogP) is 2.73. The molecule has 0 spiro atoms. The van der Waals surface area contributed by atoms with Gasteiger partial charge in [0.15, 0.2) is 0 Å². The molecule has 6 heteroatoms. The summed E-state index contributed by atoms with van der Waals surface area (Å²) in [5.41, 5.74) is 0.521. The van der Waals surface area contributed by atoms with E-state index in [0.717, 1.165) is 25.9 Å². The van der Waals surface area contributed by atoms with Crippen LogP contribution in [0.2, 0.25) is 0 Å². The largest absolute Gasteiger partial charge is 0.330 e. The van der Waals surface area contributed by atoms with Crippen LogP contribution in [0.5, 0.6) is 0 Å². The Morgan fingerprint density at radius 2 is 1.84 bits per heavy atom. The SMILES string of the molecule is CC1CCN(CC(=O)N(CC(=O)Nc2ccc(F)cc2)C(C)C)CC1. The smallest absolute Gasteiger partial charge is 0.244 e. The monoisotopic (exact) mass is 349 g/mol. The minimum atomic E-state index is -0.354. The van der Waals surface area contributed by atoms with Crippen molar-refractivity contribution in [3.8, 4) is 0 Å². The predicted molar refractivity (Wildman–Crippen MR) is 96.7 cm³/mol. The topological polar surface area (TPSA) is 52.7 Å². The Hall–Kier alpha value is -1.95. The maximum atomic E-state index is 12.9. The number of carbonyl (C=O) groups excluding carboxylic acids is 2. The Morgan fingerprint density at radius 1 is 1.24 bits per heavy atom. The Morgan fingerprint density at radius 3 is 2.40 bits per heavy atom. The van der Waals surface area contributed by atoms with Gasteiger partial charge in [-0.1, -0.05) is 6.92 Å². The second-order valence-electron chi connectivity index (χ2n) is 7.13. The van der Waals surface area contributed by atoms with Crippen molar-refractivity contribution in [2.45, 2.75) is 39.7 Å². The van der Waals surface area contributed by atoms with E-state index in [9.17, 15) is 14.0 Å². The third kappa shape index (κ3) is 6.12. The number of nitrogens with zero attached hydrogens (tertiary/aromatic N) is 2. The van der Waals surface area contributed by atoms with Crippen LogP contribution >= 0.6 is 0 Å². The van der Waals surface area contributed by atoms with Crippen LogP contribution in [-0.4, -0.2) is 53.8 Å². The van der Waals surface area contributed by atoms with Gasteiger partial charge < -0.3 is 10.2 Å². The van der Waals surface area contributed by atoms with Crippen LogP contribution in [0, 0.1) is 11.7 Å². The zero-order valence-corrected chi connectivity index (χ0v) is 15.3. The number of halogens is 1. The highest BCUT2D eigenvalue weighted by Crippen LogP contribution is 2.16. The van der Waals surface area contributed by atoms with Crippen molar-refractivity contribution in [2.75, 3.05) is 31.5 Å². The van der Waals surface area contributed by atoms with Crippen LogP contribution in [0.3, 0.4) is 0 Å². The first-order valence-electron chi connectivity index (χ1n) is 8.92. The number of benzene rings is 1. The highest BCUT2D eigenvalue weighted by molar-refractivity contribution is 5.94. The summed E-state index contributed by atoms with van der Waals surface area (Å²) in [6.45, 7) is 8.26. The van der Waals surface area contributed by atoms with Crippen molar-refractivity contribution >= 4 is 17.5 Å². The fraction of sp³-hybridized carbons (Fsp3) is 0.579. The van der Waals surface area contributed by atoms with Crippen molar-refractivity contribution in [1.82, 2.24) is 9.80 Å². The second kappa shape index (κ2) is 8.94. The lowest BCUT2D eigenvalue weighted by Crippen LogP contribution is -2.48. The van der Waals surface area contributed by atoms with Crippen LogP contribution < -0.4 is 5.32 Å². The molecular formula is C19H28FN3O2. The third-order valence-electron chi connectivity index (χ3n) is 4.62. The minimum Gasteiger partial charge on any atom is -0.330 e. The van der Waals surface area contributed by atoms with Gasteiger partial charge in [-0.3, -0.25) is 14.5 Å². The van der Waals surface area contributed by atoms with E-state index < -0.39 is 0 Å². The Bertz CT molecular complexity index is 581. The minimum absolute atomic E-state index is 0.00187. The van der Waals surface area contributed by atoms with Crippen molar-refractivity contribution in [3.05, 3.63) is 30.1 Å². The van der Waals surface area contributed by atoms with Crippen molar-refractivity contribution in [1.29, 1.82) is 0 Å². The summed E-state index contributed by atoms with van der Waals surface area (Å²) >= 11 is 0. The molecule has 0 saturated carbocycles. The highest BCUT2D eigenvalue weighted by Gasteiger charge is 2.24. The number of nitrogens with one attached hydrogen (secondary N) is 1. The van der Waals surface area contributed by atoms with Crippen LogP contribution in [0.25, 0.3) is 0 Å². The molecule has 5 nitrogen and oxygen atoms in total. The molecule has 0 bridgehead atoms. The number of anilines is 1. The molecule has 0 aliphatic carbocycles. The first kappa shape index (κ1) is 19.4. The zero-order valence-electron chi connectivity index (χ0n) is 15.3. The molecule has 0 radical (unpaired) electrons. The summed E-state index contributed by atoms with van der Waals surface area (Å²) in [7, 11) is 0. The molecule has 1 saturated heterocycles. The molecule has 138 valence electrons. The fourth-order valence-corrected chi connectivity index (χ4v) is 2.95. The highest BCUT2D eigenvalue weighted by atomic mass is 19.1. The Labute approximate surface area is 149 Å². The molecule has 1 fully saturated rings. The maximum absolute atomic E-state index is 12.9. The number of rotatable bonds is 6. The lowest BCUT2D eigenvalue weighted by molar-refractivity contribution is -0.137. The maximum Gasteiger partial charge on any atom is 0.244 e. The molecule has 2 amide bonds. The average molecular weight is 349 g/mol. The number of piperidine rings is 1. The van der Waals surface area contributed by atoms with Gasteiger partial charge in [0.05, 0.1) is 6.54 Å². The van der Waals surface area contributed by atoms with E-state index in [4.69, 9.17) is 0 Å². The van der Waals surface area contributed by atoms with Gasteiger partial charge >= 0.3 is 0 Å². The van der Waals surface area contributed by atoms with Crippen LogP contribution in [0.1, 0.15) is 33.6 Å². The van der Waals surface area contributed by atoms with Gasteiger partial charge in [-0.25, -0.2) is 4.39 Å². The summed E-state index contributed by atoms with van der Waals surface area (Å²) in [4.78, 5) is 28.6. The van der Waals surface area contributed by atoms with Crippen LogP contribution in [0.4, 0.5) is 10.1 Å². The van der Waals surface area contributed by atoms with Gasteiger partial charge in [0, 0.05) is 11.7 Å². The van der Waals surface area contributed by atoms with E-state index in [1.54, 1.807) is 4.90 Å². The molecule has 1 aromatic carbocycles. The van der Waals surface area contributed by atoms with Gasteiger partial charge in [0.2, 0.25) is 11.8 Å². The molecule has 0 unspecified atom stereocenters. The van der Waals surface area contributed by atoms with Gasteiger partial charge in [-0.15, -0.1) is 0 Å². The first-order valence-corrected chi connectivity index (χ1v) is 8.92. The first-order chi connectivity index (χ1) is 11.8. The molecule has 2 rings (SSSR count). The number of amides is 2. The molecule has 25 heavy (non-hydrogen) atoms. The van der Waals surface area contributed by atoms with E-state index in [2.05, 4.69) is 17.1 Å². The summed E-state index contributed by atoms with van der Waals surface area (Å²) in [5.74, 6) is 0.0570. The number of hydrogen-bond donors (Lipinski definition) is 1. The van der Waals surface area contributed by atoms with Gasteiger partial charge in [0.25, 0.3) is 0 Å². The molecule has 0 aromatic heterocycles. The van der Waals surface area contributed by atoms with E-state index in [1.807, 2.05) is 13.8 Å². The Kier molecular flexibility index (Phi) is 6.93. The molecule has 0 atom stereocenters. The van der Waals surface area contributed by atoms with Crippen LogP contribution in [-0.2, 0) is 9.59 Å². The molecular weight excluding hydrogens is 321 g/mol. The van der Waals surface area contributed by atoms with Gasteiger partial charge in [-0.05, 0) is 70.0 Å². The van der Waals surface area contributed by atoms with E-state index in [-0.39, 0.29) is 30.2 Å². The standard InChI is InChI=1S/C19H28FN3O2/c1-14(2)23(19(25)13-22-10-8-15(3)9-11-22)12-18(24)21-17-6-4-16(20)5-7-17/h4-7,14-15H,8-13H2,1-3H3,(H,21,24). The third-order valence-corrected chi connectivity index (χ3v) is 4.62. The Balaban J connectivity index is 1.89. The summed E-state index contributed by atoms with van der Waals surface area (Å²) < 4.78 is 12.9. The van der Waals surface area contributed by atoms with E-state index >= 15 is 0 Å². The molecule has 1 aromatic rings. The summed E-state index contributed by atoms with van der Waals surface area (Å²) in [5, 5.41) is 2.71. The number of carbonyl (C=O) groups is 2. The quantitative estimate of drug-likeness (QED) is 0.859. The lowest BCUT2D eigenvalue weighted by atomic mass is 9.99. The zero-order chi connectivity index (χ0) is 18.4. The van der Waals surface area contributed by atoms with Crippen molar-refractivity contribution in [2.24, 2.45) is 5.92 Å². The number of hydrogen-bond acceptors (Lipinski definition) is 3. The van der Waals surface area contributed by atoms with E-state index in [1.165, 1.54) is 24.3 Å². The number of likely N-dealkylation sites (tertiary alicyclic amines) is 1. The van der Waals surface area contributed by atoms with Gasteiger partial charge in [-0.2, -0.15) is 0 Å². The molecule has 1 N–H and O–H groups in total. The lowest BCUT2D eigenvalue weighted by Gasteiger charge is -2.33. The van der Waals surface area contributed by atoms with E-state index in [0.29, 0.717) is 18.2 Å². The van der Waals surface area contributed by atoms with Crippen molar-refractivity contribution < 1.29 is 14.0 Å². The fourth-order valence-electron chi connectivity index (χ4n) is 2.95.